The first-order valence-corrected chi connectivity index (χ1v) is 3.92. The summed E-state index contributed by atoms with van der Waals surface area (Å²) in [6.45, 7) is 1.87. The highest BCUT2D eigenvalue weighted by Crippen LogP contribution is 2.27. The highest BCUT2D eigenvalue weighted by atomic mass is 16.5. The molecule has 0 saturated heterocycles. The lowest BCUT2D eigenvalue weighted by molar-refractivity contribution is 0.403. The molecule has 0 aromatic heterocycles. The van der Waals surface area contributed by atoms with Gasteiger partial charge in [-0.1, -0.05) is 0 Å². The molecule has 0 radical (unpaired) electrons. The van der Waals surface area contributed by atoms with Gasteiger partial charge in [0, 0.05) is 11.6 Å². The first-order valence-electron chi connectivity index (χ1n) is 3.92. The van der Waals surface area contributed by atoms with Crippen molar-refractivity contribution in [1.29, 1.82) is 5.26 Å². The molecule has 13 heavy (non-hydrogen) atoms. The number of aryl methyl sites for hydroxylation is 1. The molecule has 0 aliphatic heterocycles. The van der Waals surface area contributed by atoms with Crippen LogP contribution in [0.1, 0.15) is 11.1 Å². The van der Waals surface area contributed by atoms with Crippen LogP contribution in [-0.2, 0) is 6.42 Å². The monoisotopic (exact) mass is 177 g/mol. The smallest absolute Gasteiger partial charge is 0.125 e. The summed E-state index contributed by atoms with van der Waals surface area (Å²) in [5, 5.41) is 17.9. The lowest BCUT2D eigenvalue weighted by Gasteiger charge is -2.07. The first-order chi connectivity index (χ1) is 6.19. The van der Waals surface area contributed by atoms with Gasteiger partial charge in [0.25, 0.3) is 0 Å². The molecule has 1 aromatic carbocycles. The van der Waals surface area contributed by atoms with E-state index in [0.29, 0.717) is 11.3 Å². The third-order valence-corrected chi connectivity index (χ3v) is 1.87. The fourth-order valence-corrected chi connectivity index (χ4v) is 1.18. The lowest BCUT2D eigenvalue weighted by atomic mass is 10.1. The van der Waals surface area contributed by atoms with E-state index in [-0.39, 0.29) is 12.2 Å². The normalized spacial score (nSPS) is 9.31. The average Bonchev–Trinajstić information content (AvgIpc) is 2.11. The zero-order valence-electron chi connectivity index (χ0n) is 7.66. The molecule has 68 valence electrons. The summed E-state index contributed by atoms with van der Waals surface area (Å²) in [7, 11) is 1.55. The molecule has 1 aromatic rings. The van der Waals surface area contributed by atoms with E-state index in [0.717, 1.165) is 5.56 Å². The lowest BCUT2D eigenvalue weighted by Crippen LogP contribution is -1.90. The maximum Gasteiger partial charge on any atom is 0.125 e. The van der Waals surface area contributed by atoms with Gasteiger partial charge >= 0.3 is 0 Å². The molecule has 1 N–H and O–H groups in total. The van der Waals surface area contributed by atoms with Crippen LogP contribution in [0.3, 0.4) is 0 Å². The van der Waals surface area contributed by atoms with Crippen molar-refractivity contribution in [2.24, 2.45) is 0 Å². The van der Waals surface area contributed by atoms with E-state index in [2.05, 4.69) is 0 Å². The van der Waals surface area contributed by atoms with Gasteiger partial charge in [0.2, 0.25) is 0 Å². The minimum atomic E-state index is 0.115. The van der Waals surface area contributed by atoms with E-state index in [1.165, 1.54) is 6.07 Å². The second-order valence-electron chi connectivity index (χ2n) is 2.79. The molecule has 0 heterocycles. The Labute approximate surface area is 77.2 Å². The van der Waals surface area contributed by atoms with Gasteiger partial charge in [0.05, 0.1) is 19.6 Å². The van der Waals surface area contributed by atoms with Gasteiger partial charge in [-0.25, -0.2) is 0 Å². The number of hydrogen-bond acceptors (Lipinski definition) is 3. The van der Waals surface area contributed by atoms with Crippen molar-refractivity contribution in [3.05, 3.63) is 23.3 Å². The molecule has 1 rings (SSSR count). The van der Waals surface area contributed by atoms with Gasteiger partial charge in [-0.3, -0.25) is 0 Å². The highest BCUT2D eigenvalue weighted by molar-refractivity contribution is 5.46. The number of phenolic OH excluding ortho intramolecular Hbond substituents is 1. The minimum Gasteiger partial charge on any atom is -0.507 e. The topological polar surface area (TPSA) is 53.2 Å². The second kappa shape index (κ2) is 3.81. The van der Waals surface area contributed by atoms with Crippen molar-refractivity contribution < 1.29 is 9.84 Å². The SMILES string of the molecule is COc1cc(O)c(CC#N)cc1C. The third-order valence-electron chi connectivity index (χ3n) is 1.87. The van der Waals surface area contributed by atoms with E-state index >= 15 is 0 Å². The third kappa shape index (κ3) is 1.91. The molecule has 3 nitrogen and oxygen atoms in total. The first kappa shape index (κ1) is 9.40. The van der Waals surface area contributed by atoms with Crippen LogP contribution in [0.15, 0.2) is 12.1 Å². The summed E-state index contributed by atoms with van der Waals surface area (Å²) in [5.74, 6) is 0.753. The highest BCUT2D eigenvalue weighted by Gasteiger charge is 2.05. The minimum absolute atomic E-state index is 0.115. The van der Waals surface area contributed by atoms with Gasteiger partial charge < -0.3 is 9.84 Å². The van der Waals surface area contributed by atoms with Gasteiger partial charge in [0.1, 0.15) is 11.5 Å². The van der Waals surface area contributed by atoms with E-state index in [4.69, 9.17) is 10.00 Å². The maximum atomic E-state index is 9.45. The van der Waals surface area contributed by atoms with Crippen LogP contribution in [-0.4, -0.2) is 12.2 Å². The van der Waals surface area contributed by atoms with Crippen molar-refractivity contribution in [3.8, 4) is 17.6 Å². The predicted octanol–water partition coefficient (Wildman–Crippen LogP) is 1.78. The summed E-state index contributed by atoms with van der Waals surface area (Å²) in [6.07, 6.45) is 0.219. The van der Waals surface area contributed by atoms with Crippen LogP contribution in [0.25, 0.3) is 0 Å². The van der Waals surface area contributed by atoms with Gasteiger partial charge in [-0.2, -0.15) is 5.26 Å². The van der Waals surface area contributed by atoms with Crippen LogP contribution < -0.4 is 4.74 Å². The number of ether oxygens (including phenoxy) is 1. The summed E-state index contributed by atoms with van der Waals surface area (Å²) in [5.41, 5.74) is 1.56. The standard InChI is InChI=1S/C10H11NO2/c1-7-5-8(3-4-11)9(12)6-10(7)13-2/h5-6,12H,3H2,1-2H3. The maximum absolute atomic E-state index is 9.45. The Morgan fingerprint density at radius 3 is 2.77 bits per heavy atom. The van der Waals surface area contributed by atoms with Crippen LogP contribution in [0, 0.1) is 18.3 Å². The van der Waals surface area contributed by atoms with Crippen LogP contribution in [0.2, 0.25) is 0 Å². The zero-order valence-corrected chi connectivity index (χ0v) is 7.66. The van der Waals surface area contributed by atoms with Crippen molar-refractivity contribution >= 4 is 0 Å². The molecule has 0 aliphatic carbocycles. The van der Waals surface area contributed by atoms with Crippen LogP contribution in [0.5, 0.6) is 11.5 Å². The summed E-state index contributed by atoms with van der Waals surface area (Å²) in [4.78, 5) is 0. The number of methoxy groups -OCH3 is 1. The predicted molar refractivity (Wildman–Crippen MR) is 48.7 cm³/mol. The van der Waals surface area contributed by atoms with E-state index in [1.54, 1.807) is 13.2 Å². The Bertz CT molecular complexity index is 353. The van der Waals surface area contributed by atoms with E-state index in [9.17, 15) is 5.11 Å². The molecule has 3 heteroatoms. The molecule has 0 bridgehead atoms. The molecule has 0 amide bonds. The van der Waals surface area contributed by atoms with E-state index < -0.39 is 0 Å². The Kier molecular flexibility index (Phi) is 2.76. The van der Waals surface area contributed by atoms with Crippen LogP contribution in [0.4, 0.5) is 0 Å². The van der Waals surface area contributed by atoms with Crippen molar-refractivity contribution in [1.82, 2.24) is 0 Å². The van der Waals surface area contributed by atoms with Crippen molar-refractivity contribution in [2.45, 2.75) is 13.3 Å². The van der Waals surface area contributed by atoms with Crippen molar-refractivity contribution in [3.63, 3.8) is 0 Å². The Hall–Kier alpha value is -1.69. The summed E-state index contributed by atoms with van der Waals surface area (Å²) >= 11 is 0. The summed E-state index contributed by atoms with van der Waals surface area (Å²) < 4.78 is 5.02. The molecule has 0 spiro atoms. The van der Waals surface area contributed by atoms with Gasteiger partial charge in [0.15, 0.2) is 0 Å². The molecule has 0 saturated carbocycles. The quantitative estimate of drug-likeness (QED) is 0.749. The molecular weight excluding hydrogens is 166 g/mol. The number of benzene rings is 1. The van der Waals surface area contributed by atoms with Crippen LogP contribution >= 0.6 is 0 Å². The molecule has 0 fully saturated rings. The summed E-state index contributed by atoms with van der Waals surface area (Å²) in [6, 6.07) is 5.28. The Balaban J connectivity index is 3.14. The zero-order chi connectivity index (χ0) is 9.84. The average molecular weight is 177 g/mol. The Morgan fingerprint density at radius 2 is 2.23 bits per heavy atom. The Morgan fingerprint density at radius 1 is 1.54 bits per heavy atom. The molecule has 0 unspecified atom stereocenters. The fraction of sp³-hybridized carbons (Fsp3) is 0.300. The molecule has 0 aliphatic rings. The number of aromatic hydroxyl groups is 1. The van der Waals surface area contributed by atoms with Gasteiger partial charge in [-0.15, -0.1) is 0 Å². The second-order valence-corrected chi connectivity index (χ2v) is 2.79. The molecule has 0 atom stereocenters. The van der Waals surface area contributed by atoms with Crippen molar-refractivity contribution in [2.75, 3.05) is 7.11 Å². The van der Waals surface area contributed by atoms with E-state index in [1.807, 2.05) is 13.0 Å². The number of nitrogens with zero attached hydrogens (tertiary/aromatic N) is 1. The largest absolute Gasteiger partial charge is 0.507 e. The number of phenols is 1. The molecular formula is C10H11NO2. The number of nitriles is 1. The number of hydrogen-bond donors (Lipinski definition) is 1. The van der Waals surface area contributed by atoms with Gasteiger partial charge in [-0.05, 0) is 18.6 Å². The number of rotatable bonds is 2. The fourth-order valence-electron chi connectivity index (χ4n) is 1.18.